The Kier molecular flexibility index (Phi) is 3.87. The van der Waals surface area contributed by atoms with Crippen LogP contribution in [0.15, 0.2) is 36.4 Å². The minimum atomic E-state index is 0.267. The van der Waals surface area contributed by atoms with Crippen molar-refractivity contribution in [3.63, 3.8) is 0 Å². The third-order valence-electron chi connectivity index (χ3n) is 6.49. The summed E-state index contributed by atoms with van der Waals surface area (Å²) in [5.74, 6) is 1.93. The van der Waals surface area contributed by atoms with Crippen LogP contribution in [-0.2, 0) is 11.3 Å². The standard InChI is InChI=1S/C22H27N3O/c26-20(24-14-6-13-22(16-24)11-4-1-5-12-22)15-25-19-8-3-2-7-18(19)23-21(25)17-9-10-17/h1-4,7-8,17H,5-6,9-16H2. The molecule has 1 amide bonds. The maximum Gasteiger partial charge on any atom is 0.242 e. The van der Waals surface area contributed by atoms with E-state index in [0.29, 0.717) is 17.9 Å². The van der Waals surface area contributed by atoms with Gasteiger partial charge in [0.15, 0.2) is 0 Å². The number of carbonyl (C=O) groups excluding carboxylic acids is 1. The molecule has 1 aromatic carbocycles. The van der Waals surface area contributed by atoms with Crippen molar-refractivity contribution in [2.24, 2.45) is 5.41 Å². The molecule has 1 saturated carbocycles. The summed E-state index contributed by atoms with van der Waals surface area (Å²) in [7, 11) is 0. The molecule has 1 atom stereocenters. The maximum absolute atomic E-state index is 13.2. The third kappa shape index (κ3) is 2.85. The molecule has 1 spiro atoms. The van der Waals surface area contributed by atoms with Crippen molar-refractivity contribution < 1.29 is 4.79 Å². The van der Waals surface area contributed by atoms with E-state index in [1.807, 2.05) is 12.1 Å². The summed E-state index contributed by atoms with van der Waals surface area (Å²) in [4.78, 5) is 20.2. The molecular formula is C22H27N3O. The van der Waals surface area contributed by atoms with Gasteiger partial charge in [-0.3, -0.25) is 4.79 Å². The summed E-state index contributed by atoms with van der Waals surface area (Å²) in [6.45, 7) is 2.29. The smallest absolute Gasteiger partial charge is 0.242 e. The molecule has 136 valence electrons. The Labute approximate surface area is 154 Å². The summed E-state index contributed by atoms with van der Waals surface area (Å²) in [5, 5.41) is 0. The van der Waals surface area contributed by atoms with Crippen LogP contribution in [0.25, 0.3) is 11.0 Å². The van der Waals surface area contributed by atoms with Crippen molar-refractivity contribution in [3.05, 3.63) is 42.2 Å². The highest BCUT2D eigenvalue weighted by Crippen LogP contribution is 2.42. The van der Waals surface area contributed by atoms with Gasteiger partial charge in [-0.05, 0) is 62.5 Å². The van der Waals surface area contributed by atoms with E-state index in [0.717, 1.165) is 42.8 Å². The van der Waals surface area contributed by atoms with Gasteiger partial charge < -0.3 is 9.47 Å². The molecule has 4 nitrogen and oxygen atoms in total. The summed E-state index contributed by atoms with van der Waals surface area (Å²) in [6, 6.07) is 8.24. The Hall–Kier alpha value is -2.10. The first-order valence-electron chi connectivity index (χ1n) is 10.1. The SMILES string of the molecule is O=C(Cn1c(C2CC2)nc2ccccc21)N1CCCC2(CC=CCC2)C1. The molecule has 0 bridgehead atoms. The summed E-state index contributed by atoms with van der Waals surface area (Å²) < 4.78 is 2.19. The van der Waals surface area contributed by atoms with Gasteiger partial charge in [-0.15, -0.1) is 0 Å². The minimum absolute atomic E-state index is 0.267. The molecule has 1 saturated heterocycles. The predicted molar refractivity (Wildman–Crippen MR) is 103 cm³/mol. The highest BCUT2D eigenvalue weighted by atomic mass is 16.2. The Morgan fingerprint density at radius 1 is 1.19 bits per heavy atom. The van der Waals surface area contributed by atoms with Crippen LogP contribution in [-0.4, -0.2) is 33.4 Å². The first kappa shape index (κ1) is 16.1. The molecule has 2 fully saturated rings. The number of benzene rings is 1. The maximum atomic E-state index is 13.2. The zero-order valence-electron chi connectivity index (χ0n) is 15.4. The summed E-state index contributed by atoms with van der Waals surface area (Å²) in [6.07, 6.45) is 13.0. The number of nitrogens with zero attached hydrogens (tertiary/aromatic N) is 3. The lowest BCUT2D eigenvalue weighted by atomic mass is 9.71. The minimum Gasteiger partial charge on any atom is -0.341 e. The second-order valence-corrected chi connectivity index (χ2v) is 8.45. The zero-order chi connectivity index (χ0) is 17.6. The zero-order valence-corrected chi connectivity index (χ0v) is 15.4. The van der Waals surface area contributed by atoms with Crippen molar-refractivity contribution in [2.75, 3.05) is 13.1 Å². The van der Waals surface area contributed by atoms with Gasteiger partial charge in [0.25, 0.3) is 0 Å². The largest absolute Gasteiger partial charge is 0.341 e. The number of carbonyl (C=O) groups is 1. The molecule has 0 radical (unpaired) electrons. The normalized spacial score (nSPS) is 25.9. The number of imidazole rings is 1. The Morgan fingerprint density at radius 2 is 2.08 bits per heavy atom. The van der Waals surface area contributed by atoms with Gasteiger partial charge in [0.1, 0.15) is 12.4 Å². The van der Waals surface area contributed by atoms with E-state index in [2.05, 4.69) is 33.8 Å². The van der Waals surface area contributed by atoms with Crippen LogP contribution < -0.4 is 0 Å². The lowest BCUT2D eigenvalue weighted by Crippen LogP contribution is -2.47. The Bertz CT molecular complexity index is 863. The topological polar surface area (TPSA) is 38.1 Å². The number of rotatable bonds is 3. The van der Waals surface area contributed by atoms with Gasteiger partial charge in [0.2, 0.25) is 5.91 Å². The summed E-state index contributed by atoms with van der Waals surface area (Å²) >= 11 is 0. The van der Waals surface area contributed by atoms with Gasteiger partial charge in [-0.1, -0.05) is 24.3 Å². The molecule has 5 rings (SSSR count). The van der Waals surface area contributed by atoms with Gasteiger partial charge in [0.05, 0.1) is 11.0 Å². The first-order chi connectivity index (χ1) is 12.7. The number of piperidine rings is 1. The monoisotopic (exact) mass is 349 g/mol. The van der Waals surface area contributed by atoms with E-state index in [4.69, 9.17) is 4.98 Å². The fourth-order valence-corrected chi connectivity index (χ4v) is 4.88. The van der Waals surface area contributed by atoms with Crippen LogP contribution in [0.5, 0.6) is 0 Å². The van der Waals surface area contributed by atoms with Crippen molar-refractivity contribution in [1.82, 2.24) is 14.5 Å². The van der Waals surface area contributed by atoms with E-state index in [9.17, 15) is 4.79 Å². The number of likely N-dealkylation sites (tertiary alicyclic amines) is 1. The van der Waals surface area contributed by atoms with Crippen LogP contribution in [0.2, 0.25) is 0 Å². The van der Waals surface area contributed by atoms with E-state index in [1.54, 1.807) is 0 Å². The van der Waals surface area contributed by atoms with Crippen molar-refractivity contribution in [2.45, 2.75) is 57.4 Å². The van der Waals surface area contributed by atoms with Crippen LogP contribution in [0.1, 0.15) is 56.7 Å². The molecule has 3 aliphatic rings. The Balaban J connectivity index is 1.39. The van der Waals surface area contributed by atoms with Gasteiger partial charge in [-0.25, -0.2) is 4.98 Å². The number of allylic oxidation sites excluding steroid dienone is 2. The van der Waals surface area contributed by atoms with Crippen LogP contribution in [0.4, 0.5) is 0 Å². The van der Waals surface area contributed by atoms with Gasteiger partial charge in [0, 0.05) is 19.0 Å². The van der Waals surface area contributed by atoms with E-state index in [-0.39, 0.29) is 5.91 Å². The van der Waals surface area contributed by atoms with Crippen molar-refractivity contribution in [3.8, 4) is 0 Å². The number of fused-ring (bicyclic) bond motifs is 1. The van der Waals surface area contributed by atoms with Crippen molar-refractivity contribution in [1.29, 1.82) is 0 Å². The fourth-order valence-electron chi connectivity index (χ4n) is 4.88. The highest BCUT2D eigenvalue weighted by molar-refractivity contribution is 5.81. The Morgan fingerprint density at radius 3 is 2.88 bits per heavy atom. The molecular weight excluding hydrogens is 322 g/mol. The first-order valence-corrected chi connectivity index (χ1v) is 10.1. The van der Waals surface area contributed by atoms with E-state index < -0.39 is 0 Å². The quantitative estimate of drug-likeness (QED) is 0.777. The van der Waals surface area contributed by atoms with Gasteiger partial charge in [-0.2, -0.15) is 0 Å². The molecule has 2 aliphatic carbocycles. The molecule has 1 aliphatic heterocycles. The number of para-hydroxylation sites is 2. The van der Waals surface area contributed by atoms with Gasteiger partial charge >= 0.3 is 0 Å². The predicted octanol–water partition coefficient (Wildman–Crippen LogP) is 4.26. The second-order valence-electron chi connectivity index (χ2n) is 8.45. The number of aromatic nitrogens is 2. The number of hydrogen-bond acceptors (Lipinski definition) is 2. The molecule has 0 N–H and O–H groups in total. The average molecular weight is 349 g/mol. The van der Waals surface area contributed by atoms with Crippen LogP contribution in [0.3, 0.4) is 0 Å². The molecule has 26 heavy (non-hydrogen) atoms. The molecule has 1 unspecified atom stereocenters. The molecule has 2 heterocycles. The number of hydrogen-bond donors (Lipinski definition) is 0. The molecule has 1 aromatic heterocycles. The summed E-state index contributed by atoms with van der Waals surface area (Å²) in [5.41, 5.74) is 2.46. The second kappa shape index (κ2) is 6.26. The van der Waals surface area contributed by atoms with Crippen LogP contribution in [0, 0.1) is 5.41 Å². The lowest BCUT2D eigenvalue weighted by molar-refractivity contribution is -0.135. The molecule has 2 aromatic rings. The lowest BCUT2D eigenvalue weighted by Gasteiger charge is -2.44. The fraction of sp³-hybridized carbons (Fsp3) is 0.545. The van der Waals surface area contributed by atoms with E-state index >= 15 is 0 Å². The average Bonchev–Trinajstić information content (AvgIpc) is 3.45. The van der Waals surface area contributed by atoms with Crippen LogP contribution >= 0.6 is 0 Å². The molecule has 4 heteroatoms. The third-order valence-corrected chi connectivity index (χ3v) is 6.49. The van der Waals surface area contributed by atoms with Crippen molar-refractivity contribution >= 4 is 16.9 Å². The highest BCUT2D eigenvalue weighted by Gasteiger charge is 2.37. The van der Waals surface area contributed by atoms with E-state index in [1.165, 1.54) is 32.1 Å². The number of amides is 1.